The molecule has 3 heterocycles. The quantitative estimate of drug-likeness (QED) is 0.771. The molecule has 0 radical (unpaired) electrons. The third kappa shape index (κ3) is 4.43. The first-order valence-corrected chi connectivity index (χ1v) is 7.72. The highest BCUT2D eigenvalue weighted by molar-refractivity contribution is 5.85. The molecule has 6 nitrogen and oxygen atoms in total. The van der Waals surface area contributed by atoms with E-state index in [1.807, 2.05) is 41.5 Å². The monoisotopic (exact) mass is 346 g/mol. The largest absolute Gasteiger partial charge is 0.308 e. The Balaban J connectivity index is 0.00000208. The van der Waals surface area contributed by atoms with Gasteiger partial charge in [0, 0.05) is 43.4 Å². The lowest BCUT2D eigenvalue weighted by molar-refractivity contribution is 0.355. The van der Waals surface area contributed by atoms with Gasteiger partial charge < -0.3 is 5.32 Å². The average molecular weight is 347 g/mol. The summed E-state index contributed by atoms with van der Waals surface area (Å²) in [6.45, 7) is 7.99. The number of nitrogens with one attached hydrogen (secondary N) is 1. The minimum atomic E-state index is 0. The summed E-state index contributed by atoms with van der Waals surface area (Å²) in [5, 5.41) is 12.1. The first-order valence-electron chi connectivity index (χ1n) is 7.72. The molecule has 128 valence electrons. The van der Waals surface area contributed by atoms with Crippen LogP contribution in [0, 0.1) is 0 Å². The molecule has 0 aliphatic rings. The van der Waals surface area contributed by atoms with Crippen LogP contribution in [0.3, 0.4) is 0 Å². The van der Waals surface area contributed by atoms with Crippen LogP contribution in [0.4, 0.5) is 0 Å². The Kier molecular flexibility index (Phi) is 5.75. The zero-order chi connectivity index (χ0) is 16.3. The van der Waals surface area contributed by atoms with Gasteiger partial charge in [-0.25, -0.2) is 9.67 Å². The highest BCUT2D eigenvalue weighted by atomic mass is 35.5. The topological polar surface area (TPSA) is 60.6 Å². The molecule has 0 fully saturated rings. The van der Waals surface area contributed by atoms with E-state index in [0.717, 1.165) is 18.9 Å². The Morgan fingerprint density at radius 2 is 1.88 bits per heavy atom. The normalized spacial score (nSPS) is 11.3. The molecule has 7 heteroatoms. The van der Waals surface area contributed by atoms with Crippen LogP contribution in [0.5, 0.6) is 0 Å². The summed E-state index contributed by atoms with van der Waals surface area (Å²) in [7, 11) is 0. The van der Waals surface area contributed by atoms with E-state index < -0.39 is 0 Å². The maximum atomic E-state index is 4.42. The molecule has 0 atom stereocenters. The van der Waals surface area contributed by atoms with E-state index >= 15 is 0 Å². The number of nitrogens with zero attached hydrogens (tertiary/aromatic N) is 5. The van der Waals surface area contributed by atoms with Gasteiger partial charge in [0.25, 0.3) is 0 Å². The van der Waals surface area contributed by atoms with Crippen molar-refractivity contribution >= 4 is 12.4 Å². The van der Waals surface area contributed by atoms with E-state index in [0.29, 0.717) is 0 Å². The fraction of sp³-hybridized carbons (Fsp3) is 0.353. The van der Waals surface area contributed by atoms with E-state index in [4.69, 9.17) is 0 Å². The van der Waals surface area contributed by atoms with Gasteiger partial charge in [0.2, 0.25) is 0 Å². The molecule has 0 unspecified atom stereocenters. The number of halogens is 1. The average Bonchev–Trinajstić information content (AvgIpc) is 3.19. The van der Waals surface area contributed by atoms with Crippen molar-refractivity contribution in [2.45, 2.75) is 39.4 Å². The molecule has 0 aliphatic carbocycles. The highest BCUT2D eigenvalue weighted by Crippen LogP contribution is 2.13. The first-order chi connectivity index (χ1) is 11.0. The summed E-state index contributed by atoms with van der Waals surface area (Å²) < 4.78 is 3.75. The second-order valence-electron chi connectivity index (χ2n) is 6.54. The number of pyridine rings is 1. The summed E-state index contributed by atoms with van der Waals surface area (Å²) in [6, 6.07) is 5.94. The Morgan fingerprint density at radius 3 is 2.54 bits per heavy atom. The summed E-state index contributed by atoms with van der Waals surface area (Å²) in [6.07, 6.45) is 9.46. The molecule has 3 aromatic heterocycles. The second-order valence-corrected chi connectivity index (χ2v) is 6.54. The lowest BCUT2D eigenvalue weighted by atomic mass is 10.1. The number of aromatic nitrogens is 5. The molecule has 0 bridgehead atoms. The van der Waals surface area contributed by atoms with Crippen molar-refractivity contribution < 1.29 is 0 Å². The standard InChI is InChI=1S/C17H22N6.ClH/c1-17(2,3)23-13-15(12-21-23)11-18-10-14-5-7-19-16(9-14)22-8-4-6-20-22;/h4-9,12-13,18H,10-11H2,1-3H3;1H. The van der Waals surface area contributed by atoms with E-state index in [1.54, 1.807) is 10.9 Å². The Labute approximate surface area is 148 Å². The van der Waals surface area contributed by atoms with Crippen LogP contribution in [0.15, 0.2) is 49.2 Å². The molecule has 0 saturated heterocycles. The summed E-state index contributed by atoms with van der Waals surface area (Å²) in [5.74, 6) is 0.829. The van der Waals surface area contributed by atoms with Crippen molar-refractivity contribution in [2.24, 2.45) is 0 Å². The van der Waals surface area contributed by atoms with Crippen LogP contribution in [-0.2, 0) is 18.6 Å². The Morgan fingerprint density at radius 1 is 1.08 bits per heavy atom. The predicted molar refractivity (Wildman–Crippen MR) is 96.4 cm³/mol. The molecule has 0 spiro atoms. The van der Waals surface area contributed by atoms with Gasteiger partial charge in [-0.1, -0.05) is 0 Å². The highest BCUT2D eigenvalue weighted by Gasteiger charge is 2.13. The maximum Gasteiger partial charge on any atom is 0.153 e. The number of rotatable bonds is 5. The smallest absolute Gasteiger partial charge is 0.153 e. The van der Waals surface area contributed by atoms with Crippen LogP contribution in [0.1, 0.15) is 31.9 Å². The Bertz CT molecular complexity index is 757. The van der Waals surface area contributed by atoms with Crippen LogP contribution in [0.2, 0.25) is 0 Å². The first kappa shape index (κ1) is 18.2. The van der Waals surface area contributed by atoms with Crippen molar-refractivity contribution in [1.29, 1.82) is 0 Å². The predicted octanol–water partition coefficient (Wildman–Crippen LogP) is 2.93. The lowest BCUT2D eigenvalue weighted by Gasteiger charge is -2.18. The molecule has 0 aromatic carbocycles. The van der Waals surface area contributed by atoms with Crippen molar-refractivity contribution in [3.8, 4) is 5.82 Å². The van der Waals surface area contributed by atoms with Crippen LogP contribution < -0.4 is 5.32 Å². The zero-order valence-electron chi connectivity index (χ0n) is 14.2. The molecule has 0 saturated carbocycles. The van der Waals surface area contributed by atoms with Crippen molar-refractivity contribution in [1.82, 2.24) is 29.9 Å². The van der Waals surface area contributed by atoms with Crippen LogP contribution in [-0.4, -0.2) is 24.5 Å². The summed E-state index contributed by atoms with van der Waals surface area (Å²) >= 11 is 0. The van der Waals surface area contributed by atoms with Crippen molar-refractivity contribution in [3.63, 3.8) is 0 Å². The van der Waals surface area contributed by atoms with Gasteiger partial charge in [-0.15, -0.1) is 12.4 Å². The Hall–Kier alpha value is -2.18. The molecule has 24 heavy (non-hydrogen) atoms. The van der Waals surface area contributed by atoms with Gasteiger partial charge in [-0.2, -0.15) is 10.2 Å². The zero-order valence-corrected chi connectivity index (χ0v) is 15.0. The van der Waals surface area contributed by atoms with Crippen LogP contribution >= 0.6 is 12.4 Å². The summed E-state index contributed by atoms with van der Waals surface area (Å²) in [4.78, 5) is 4.34. The third-order valence-corrected chi connectivity index (χ3v) is 3.53. The minimum absolute atomic E-state index is 0. The molecular weight excluding hydrogens is 324 g/mol. The molecular formula is C17H23ClN6. The number of hydrogen-bond acceptors (Lipinski definition) is 4. The van der Waals surface area contributed by atoms with E-state index in [1.165, 1.54) is 11.1 Å². The SMILES string of the molecule is CC(C)(C)n1cc(CNCc2ccnc(-n3cccn3)c2)cn1.Cl. The maximum absolute atomic E-state index is 4.42. The van der Waals surface area contributed by atoms with Crippen LogP contribution in [0.25, 0.3) is 5.82 Å². The van der Waals surface area contributed by atoms with Crippen molar-refractivity contribution in [2.75, 3.05) is 0 Å². The van der Waals surface area contributed by atoms with Gasteiger partial charge in [0.15, 0.2) is 5.82 Å². The number of hydrogen-bond donors (Lipinski definition) is 1. The molecule has 3 aromatic rings. The van der Waals surface area contributed by atoms with Gasteiger partial charge in [-0.3, -0.25) is 4.68 Å². The van der Waals surface area contributed by atoms with Gasteiger partial charge >= 0.3 is 0 Å². The molecule has 0 aliphatic heterocycles. The van der Waals surface area contributed by atoms with E-state index in [2.05, 4.69) is 47.5 Å². The minimum Gasteiger partial charge on any atom is -0.308 e. The fourth-order valence-electron chi connectivity index (χ4n) is 2.27. The molecule has 0 amide bonds. The third-order valence-electron chi connectivity index (χ3n) is 3.53. The second kappa shape index (κ2) is 7.59. The van der Waals surface area contributed by atoms with Gasteiger partial charge in [-0.05, 0) is 44.5 Å². The fourth-order valence-corrected chi connectivity index (χ4v) is 2.27. The van der Waals surface area contributed by atoms with Crippen molar-refractivity contribution in [3.05, 3.63) is 60.3 Å². The summed E-state index contributed by atoms with van der Waals surface area (Å²) in [5.41, 5.74) is 2.37. The van der Waals surface area contributed by atoms with E-state index in [-0.39, 0.29) is 17.9 Å². The van der Waals surface area contributed by atoms with Gasteiger partial charge in [0.1, 0.15) is 0 Å². The lowest BCUT2D eigenvalue weighted by Crippen LogP contribution is -2.22. The molecule has 1 N–H and O–H groups in total. The van der Waals surface area contributed by atoms with E-state index in [9.17, 15) is 0 Å². The van der Waals surface area contributed by atoms with Gasteiger partial charge in [0.05, 0.1) is 11.7 Å². The molecule has 3 rings (SSSR count).